The van der Waals surface area contributed by atoms with Crippen molar-refractivity contribution in [3.8, 4) is 0 Å². The van der Waals surface area contributed by atoms with Crippen molar-refractivity contribution in [3.63, 3.8) is 0 Å². The Bertz CT molecular complexity index is 549. The molecule has 3 atom stereocenters. The van der Waals surface area contributed by atoms with Crippen molar-refractivity contribution < 1.29 is 19.1 Å². The molecule has 1 aliphatic heterocycles. The third kappa shape index (κ3) is 3.50. The molecule has 0 unspecified atom stereocenters. The number of carbonyl (C=O) groups excluding carboxylic acids is 2. The minimum atomic E-state index is -0.884. The van der Waals surface area contributed by atoms with Gasteiger partial charge in [-0.25, -0.2) is 0 Å². The van der Waals surface area contributed by atoms with E-state index >= 15 is 0 Å². The number of thiophene rings is 1. The van der Waals surface area contributed by atoms with E-state index in [1.54, 1.807) is 18.3 Å². The number of hydrogen-bond donors (Lipinski definition) is 1. The van der Waals surface area contributed by atoms with Crippen molar-refractivity contribution in [2.24, 2.45) is 5.92 Å². The summed E-state index contributed by atoms with van der Waals surface area (Å²) in [5, 5.41) is 5.23. The Kier molecular flexibility index (Phi) is 4.63. The Morgan fingerprint density at radius 1 is 1.41 bits per heavy atom. The highest BCUT2D eigenvalue weighted by Crippen LogP contribution is 2.41. The number of nitrogens with one attached hydrogen (secondary N) is 1. The zero-order valence-corrected chi connectivity index (χ0v) is 14.5. The Balaban J connectivity index is 2.28. The van der Waals surface area contributed by atoms with Gasteiger partial charge in [0.1, 0.15) is 11.1 Å². The van der Waals surface area contributed by atoms with Gasteiger partial charge in [0.15, 0.2) is 0 Å². The van der Waals surface area contributed by atoms with Gasteiger partial charge in [-0.2, -0.15) is 0 Å². The lowest BCUT2D eigenvalue weighted by atomic mass is 9.92. The van der Waals surface area contributed by atoms with Crippen LogP contribution in [0, 0.1) is 5.92 Å². The Labute approximate surface area is 135 Å². The minimum absolute atomic E-state index is 0.237. The normalized spacial score (nSPS) is 28.4. The average Bonchev–Trinajstić information content (AvgIpc) is 3.03. The summed E-state index contributed by atoms with van der Waals surface area (Å²) in [6.07, 6.45) is 0.358. The molecule has 1 saturated heterocycles. The number of hydrogen-bond acceptors (Lipinski definition) is 6. The Morgan fingerprint density at radius 3 is 2.59 bits per heavy atom. The van der Waals surface area contributed by atoms with Crippen LogP contribution in [0.5, 0.6) is 0 Å². The molecule has 0 saturated carbocycles. The largest absolute Gasteiger partial charge is 0.468 e. The van der Waals surface area contributed by atoms with Gasteiger partial charge in [0.05, 0.1) is 19.1 Å². The second-order valence-electron chi connectivity index (χ2n) is 6.81. The van der Waals surface area contributed by atoms with Crippen LogP contribution in [-0.2, 0) is 19.1 Å². The molecule has 122 valence electrons. The average molecular weight is 325 g/mol. The molecule has 0 amide bonds. The predicted molar refractivity (Wildman–Crippen MR) is 84.6 cm³/mol. The third-order valence-corrected chi connectivity index (χ3v) is 4.66. The molecule has 6 heteroatoms. The van der Waals surface area contributed by atoms with Crippen molar-refractivity contribution in [1.82, 2.24) is 5.32 Å². The molecule has 0 bridgehead atoms. The van der Waals surface area contributed by atoms with Crippen LogP contribution in [0.2, 0.25) is 0 Å². The van der Waals surface area contributed by atoms with E-state index in [1.165, 1.54) is 7.11 Å². The molecule has 0 radical (unpaired) electrons. The first-order valence-electron chi connectivity index (χ1n) is 7.29. The van der Waals surface area contributed by atoms with Crippen molar-refractivity contribution in [2.45, 2.75) is 51.3 Å². The zero-order valence-electron chi connectivity index (χ0n) is 13.6. The number of rotatable bonds is 3. The Hall–Kier alpha value is -1.40. The van der Waals surface area contributed by atoms with Crippen LogP contribution in [-0.4, -0.2) is 30.2 Å². The molecule has 0 aromatic carbocycles. The van der Waals surface area contributed by atoms with E-state index in [0.717, 1.165) is 4.88 Å². The lowest BCUT2D eigenvalue weighted by Crippen LogP contribution is -2.45. The van der Waals surface area contributed by atoms with Gasteiger partial charge in [-0.1, -0.05) is 6.07 Å². The van der Waals surface area contributed by atoms with Crippen molar-refractivity contribution in [3.05, 3.63) is 22.4 Å². The van der Waals surface area contributed by atoms with E-state index in [-0.39, 0.29) is 18.0 Å². The molecular weight excluding hydrogens is 302 g/mol. The minimum Gasteiger partial charge on any atom is -0.468 e. The number of carbonyl (C=O) groups is 2. The molecular formula is C16H23NO4S. The van der Waals surface area contributed by atoms with Gasteiger partial charge in [-0.3, -0.25) is 14.9 Å². The summed E-state index contributed by atoms with van der Waals surface area (Å²) in [5.74, 6) is -1.06. The molecule has 2 heterocycles. The molecule has 1 N–H and O–H groups in total. The van der Waals surface area contributed by atoms with Crippen molar-refractivity contribution >= 4 is 23.3 Å². The molecule has 0 aliphatic carbocycles. The molecule has 5 nitrogen and oxygen atoms in total. The van der Waals surface area contributed by atoms with E-state index in [1.807, 2.05) is 38.3 Å². The highest BCUT2D eigenvalue weighted by Gasteiger charge is 2.51. The summed E-state index contributed by atoms with van der Waals surface area (Å²) in [5.41, 5.74) is -1.44. The summed E-state index contributed by atoms with van der Waals surface area (Å²) in [6, 6.07) is 3.66. The van der Waals surface area contributed by atoms with E-state index < -0.39 is 17.1 Å². The highest BCUT2D eigenvalue weighted by molar-refractivity contribution is 7.10. The number of methoxy groups -OCH3 is 1. The summed E-state index contributed by atoms with van der Waals surface area (Å²) in [4.78, 5) is 25.6. The summed E-state index contributed by atoms with van der Waals surface area (Å²) < 4.78 is 10.4. The molecule has 0 spiro atoms. The summed E-state index contributed by atoms with van der Waals surface area (Å²) in [7, 11) is 1.36. The monoisotopic (exact) mass is 325 g/mol. The molecule has 2 rings (SSSR count). The molecule has 22 heavy (non-hydrogen) atoms. The second-order valence-corrected chi connectivity index (χ2v) is 7.78. The maximum Gasteiger partial charge on any atom is 0.325 e. The number of esters is 2. The van der Waals surface area contributed by atoms with E-state index in [0.29, 0.717) is 6.42 Å². The van der Waals surface area contributed by atoms with Crippen LogP contribution in [0.4, 0.5) is 0 Å². The fraction of sp³-hybridized carbons (Fsp3) is 0.625. The van der Waals surface area contributed by atoms with Crippen LogP contribution >= 0.6 is 11.3 Å². The topological polar surface area (TPSA) is 64.6 Å². The lowest BCUT2D eigenvalue weighted by molar-refractivity contribution is -0.160. The first-order valence-corrected chi connectivity index (χ1v) is 8.16. The quantitative estimate of drug-likeness (QED) is 0.866. The first-order chi connectivity index (χ1) is 10.2. The fourth-order valence-electron chi connectivity index (χ4n) is 2.76. The predicted octanol–water partition coefficient (Wildman–Crippen LogP) is 2.67. The highest BCUT2D eigenvalue weighted by atomic mass is 32.1. The zero-order chi connectivity index (χ0) is 16.5. The third-order valence-electron chi connectivity index (χ3n) is 3.70. The maximum atomic E-state index is 12.6. The fourth-order valence-corrected chi connectivity index (χ4v) is 3.60. The van der Waals surface area contributed by atoms with Crippen LogP contribution in [0.1, 0.15) is 45.0 Å². The molecule has 1 aliphatic rings. The standard InChI is InChI=1S/C16H23NO4S/c1-15(2,3)21-13(18)10-9-16(4,14(19)20-5)17-12(10)11-7-6-8-22-11/h6-8,10,12,17H,9H2,1-5H3/t10-,12+,16-/m0/s1. The molecule has 1 aromatic heterocycles. The number of ether oxygens (including phenoxy) is 2. The first kappa shape index (κ1) is 17.0. The van der Waals surface area contributed by atoms with Crippen LogP contribution in [0.25, 0.3) is 0 Å². The van der Waals surface area contributed by atoms with Crippen LogP contribution in [0.15, 0.2) is 17.5 Å². The summed E-state index contributed by atoms with van der Waals surface area (Å²) in [6.45, 7) is 7.29. The van der Waals surface area contributed by atoms with Gasteiger partial charge in [-0.05, 0) is 45.6 Å². The van der Waals surface area contributed by atoms with Crippen LogP contribution < -0.4 is 5.32 Å². The molecule has 1 fully saturated rings. The summed E-state index contributed by atoms with van der Waals surface area (Å²) >= 11 is 1.56. The van der Waals surface area contributed by atoms with E-state index in [2.05, 4.69) is 5.32 Å². The van der Waals surface area contributed by atoms with Gasteiger partial charge in [0.2, 0.25) is 0 Å². The van der Waals surface area contributed by atoms with Gasteiger partial charge in [-0.15, -0.1) is 11.3 Å². The van der Waals surface area contributed by atoms with Gasteiger partial charge < -0.3 is 9.47 Å². The Morgan fingerprint density at radius 2 is 2.09 bits per heavy atom. The van der Waals surface area contributed by atoms with Crippen molar-refractivity contribution in [1.29, 1.82) is 0 Å². The van der Waals surface area contributed by atoms with E-state index in [4.69, 9.17) is 9.47 Å². The van der Waals surface area contributed by atoms with Crippen molar-refractivity contribution in [2.75, 3.05) is 7.11 Å². The van der Waals surface area contributed by atoms with Gasteiger partial charge in [0.25, 0.3) is 0 Å². The maximum absolute atomic E-state index is 12.6. The van der Waals surface area contributed by atoms with Gasteiger partial charge in [0, 0.05) is 4.88 Å². The smallest absolute Gasteiger partial charge is 0.325 e. The second kappa shape index (κ2) is 6.01. The van der Waals surface area contributed by atoms with E-state index in [9.17, 15) is 9.59 Å². The van der Waals surface area contributed by atoms with Gasteiger partial charge >= 0.3 is 11.9 Å². The van der Waals surface area contributed by atoms with Crippen LogP contribution in [0.3, 0.4) is 0 Å². The lowest BCUT2D eigenvalue weighted by Gasteiger charge is -2.24. The SMILES string of the molecule is COC(=O)[C@]1(C)C[C@H](C(=O)OC(C)(C)C)[C@H](c2cccs2)N1. The molecule has 1 aromatic rings.